The van der Waals surface area contributed by atoms with Gasteiger partial charge in [0.05, 0.1) is 12.5 Å². The first-order valence-corrected chi connectivity index (χ1v) is 13.5. The number of aliphatic hydroxyl groups is 1. The molecule has 2 aliphatic rings. The van der Waals surface area contributed by atoms with Crippen molar-refractivity contribution in [2.45, 2.75) is 109 Å². The Balaban J connectivity index is 2.02. The van der Waals surface area contributed by atoms with Crippen molar-refractivity contribution in [3.8, 4) is 0 Å². The summed E-state index contributed by atoms with van der Waals surface area (Å²) in [6.45, 7) is 9.92. The van der Waals surface area contributed by atoms with Crippen molar-refractivity contribution in [3.63, 3.8) is 0 Å². The summed E-state index contributed by atoms with van der Waals surface area (Å²) in [5.74, 6) is -1.62. The number of carbonyl (C=O) groups is 4. The second kappa shape index (κ2) is 11.6. The number of nitrogens with one attached hydrogen (secondary N) is 1. The Hall–Kier alpha value is -2.94. The molecule has 1 aliphatic carbocycles. The summed E-state index contributed by atoms with van der Waals surface area (Å²) in [7, 11) is 0. The number of nitrogens with two attached hydrogens (primary N) is 1. The van der Waals surface area contributed by atoms with Crippen molar-refractivity contribution in [3.05, 3.63) is 29.3 Å². The molecule has 1 aromatic carbocycles. The number of hydrogen-bond donors (Lipinski definition) is 3. The fraction of sp³-hybridized carbons (Fsp3) is 0.643. The van der Waals surface area contributed by atoms with Crippen molar-refractivity contribution in [1.82, 2.24) is 9.80 Å². The molecule has 1 saturated heterocycles. The number of amides is 5. The van der Waals surface area contributed by atoms with E-state index in [1.54, 1.807) is 6.92 Å². The molecule has 2 unspecified atom stereocenters. The average molecular weight is 515 g/mol. The molecule has 1 heterocycles. The number of carbonyl (C=O) groups excluding carboxylic acids is 4. The molecular weight excluding hydrogens is 472 g/mol. The summed E-state index contributed by atoms with van der Waals surface area (Å²) in [6, 6.07) is 3.86. The molecule has 4 N–H and O–H groups in total. The van der Waals surface area contributed by atoms with Gasteiger partial charge in [-0.25, -0.2) is 9.69 Å². The van der Waals surface area contributed by atoms with Crippen LogP contribution < -0.4 is 11.1 Å². The maximum Gasteiger partial charge on any atom is 0.328 e. The SMILES string of the molecule is CC(O)CCN1C(=O)N(C(CC(N)=O)C(=O)Nc2c(C(C)C)cccc2C(C)C)C(=O)C12CCCCC2. The quantitative estimate of drug-likeness (QED) is 0.408. The van der Waals surface area contributed by atoms with E-state index in [4.69, 9.17) is 5.73 Å². The van der Waals surface area contributed by atoms with E-state index in [-0.39, 0.29) is 18.4 Å². The highest BCUT2D eigenvalue weighted by Crippen LogP contribution is 2.42. The fourth-order valence-electron chi connectivity index (χ4n) is 5.65. The molecule has 3 rings (SSSR count). The van der Waals surface area contributed by atoms with Gasteiger partial charge in [0, 0.05) is 12.2 Å². The molecule has 0 aromatic heterocycles. The van der Waals surface area contributed by atoms with Gasteiger partial charge in [0.25, 0.3) is 5.91 Å². The Morgan fingerprint density at radius 2 is 1.59 bits per heavy atom. The number of primary amides is 1. The largest absolute Gasteiger partial charge is 0.393 e. The molecule has 2 atom stereocenters. The van der Waals surface area contributed by atoms with Crippen LogP contribution in [0.5, 0.6) is 0 Å². The number of hydrogen-bond acceptors (Lipinski definition) is 5. The van der Waals surface area contributed by atoms with Gasteiger partial charge >= 0.3 is 6.03 Å². The molecule has 1 saturated carbocycles. The zero-order valence-corrected chi connectivity index (χ0v) is 22.8. The van der Waals surface area contributed by atoms with Crippen LogP contribution >= 0.6 is 0 Å². The molecule has 9 nitrogen and oxygen atoms in total. The zero-order valence-electron chi connectivity index (χ0n) is 22.8. The summed E-state index contributed by atoms with van der Waals surface area (Å²) in [6.07, 6.45) is 2.70. The minimum Gasteiger partial charge on any atom is -0.393 e. The van der Waals surface area contributed by atoms with Gasteiger partial charge in [0.15, 0.2) is 0 Å². The van der Waals surface area contributed by atoms with Gasteiger partial charge < -0.3 is 21.1 Å². The van der Waals surface area contributed by atoms with Gasteiger partial charge in [-0.15, -0.1) is 0 Å². The Labute approximate surface area is 219 Å². The summed E-state index contributed by atoms with van der Waals surface area (Å²) >= 11 is 0. The van der Waals surface area contributed by atoms with Crippen LogP contribution in [-0.4, -0.2) is 62.9 Å². The first-order valence-electron chi connectivity index (χ1n) is 13.5. The van der Waals surface area contributed by atoms with Gasteiger partial charge in [0.1, 0.15) is 11.6 Å². The minimum atomic E-state index is -1.37. The first kappa shape index (κ1) is 28.6. The van der Waals surface area contributed by atoms with Gasteiger partial charge in [-0.2, -0.15) is 0 Å². The summed E-state index contributed by atoms with van der Waals surface area (Å²) < 4.78 is 0. The third-order valence-corrected chi connectivity index (χ3v) is 7.65. The van der Waals surface area contributed by atoms with E-state index in [0.717, 1.165) is 35.3 Å². The third-order valence-electron chi connectivity index (χ3n) is 7.65. The van der Waals surface area contributed by atoms with E-state index < -0.39 is 47.9 Å². The van der Waals surface area contributed by atoms with Gasteiger partial charge in [-0.3, -0.25) is 14.4 Å². The Kier molecular flexibility index (Phi) is 9.00. The van der Waals surface area contributed by atoms with E-state index in [1.165, 1.54) is 4.90 Å². The molecule has 9 heteroatoms. The van der Waals surface area contributed by atoms with E-state index in [2.05, 4.69) is 5.32 Å². The van der Waals surface area contributed by atoms with Crippen LogP contribution in [0.25, 0.3) is 0 Å². The lowest BCUT2D eigenvalue weighted by molar-refractivity contribution is -0.140. The van der Waals surface area contributed by atoms with Gasteiger partial charge in [-0.1, -0.05) is 65.2 Å². The Morgan fingerprint density at radius 3 is 2.08 bits per heavy atom. The number of para-hydroxylation sites is 1. The first-order chi connectivity index (χ1) is 17.4. The van der Waals surface area contributed by atoms with Crippen LogP contribution in [-0.2, 0) is 14.4 Å². The topological polar surface area (TPSA) is 133 Å². The highest BCUT2D eigenvalue weighted by molar-refractivity contribution is 6.12. The average Bonchev–Trinajstić information content (AvgIpc) is 3.01. The molecule has 37 heavy (non-hydrogen) atoms. The summed E-state index contributed by atoms with van der Waals surface area (Å²) in [4.78, 5) is 56.1. The van der Waals surface area contributed by atoms with Crippen LogP contribution in [0.15, 0.2) is 18.2 Å². The minimum absolute atomic E-state index is 0.111. The van der Waals surface area contributed by atoms with Crippen LogP contribution in [0.4, 0.5) is 10.5 Å². The normalized spacial score (nSPS) is 19.1. The number of rotatable bonds is 10. The predicted octanol–water partition coefficient (Wildman–Crippen LogP) is 3.85. The Morgan fingerprint density at radius 1 is 1.03 bits per heavy atom. The van der Waals surface area contributed by atoms with Crippen LogP contribution in [0.2, 0.25) is 0 Å². The second-order valence-electron chi connectivity index (χ2n) is 11.1. The monoisotopic (exact) mass is 514 g/mol. The summed E-state index contributed by atoms with van der Waals surface area (Å²) in [5.41, 5.74) is 6.97. The lowest BCUT2D eigenvalue weighted by Gasteiger charge is -2.38. The molecule has 5 amide bonds. The molecule has 1 spiro atoms. The van der Waals surface area contributed by atoms with Crippen LogP contribution in [0.3, 0.4) is 0 Å². The zero-order chi connectivity index (χ0) is 27.5. The van der Waals surface area contributed by atoms with Gasteiger partial charge in [0.2, 0.25) is 11.8 Å². The van der Waals surface area contributed by atoms with E-state index in [0.29, 0.717) is 24.9 Å². The number of aliphatic hydroxyl groups excluding tert-OH is 1. The molecular formula is C28H42N4O5. The van der Waals surface area contributed by atoms with E-state index in [9.17, 15) is 24.3 Å². The molecule has 1 aliphatic heterocycles. The smallest absolute Gasteiger partial charge is 0.328 e. The van der Waals surface area contributed by atoms with E-state index in [1.807, 2.05) is 45.9 Å². The van der Waals surface area contributed by atoms with Gasteiger partial charge in [-0.05, 0) is 49.1 Å². The number of urea groups is 1. The molecule has 204 valence electrons. The standard InChI is InChI=1S/C28H42N4O5/c1-17(2)20-10-9-11-21(18(3)4)24(20)30-25(35)22(16-23(29)34)32-26(36)28(13-7-6-8-14-28)31(27(32)37)15-12-19(5)33/h9-11,17-19,22,33H,6-8,12-16H2,1-5H3,(H2,29,34)(H,30,35). The van der Waals surface area contributed by atoms with Crippen LogP contribution in [0, 0.1) is 0 Å². The Bertz CT molecular complexity index is 1000. The second-order valence-corrected chi connectivity index (χ2v) is 11.1. The highest BCUT2D eigenvalue weighted by Gasteiger charge is 2.59. The van der Waals surface area contributed by atoms with Crippen molar-refractivity contribution < 1.29 is 24.3 Å². The van der Waals surface area contributed by atoms with Crippen molar-refractivity contribution in [2.75, 3.05) is 11.9 Å². The molecule has 0 radical (unpaired) electrons. The molecule has 1 aromatic rings. The molecule has 2 fully saturated rings. The van der Waals surface area contributed by atoms with Crippen molar-refractivity contribution in [1.29, 1.82) is 0 Å². The summed E-state index contributed by atoms with van der Waals surface area (Å²) in [5, 5.41) is 12.8. The lowest BCUT2D eigenvalue weighted by Crippen LogP contribution is -2.53. The number of nitrogens with zero attached hydrogens (tertiary/aromatic N) is 2. The lowest BCUT2D eigenvalue weighted by atomic mass is 9.80. The maximum absolute atomic E-state index is 13.9. The number of anilines is 1. The maximum atomic E-state index is 13.9. The molecule has 0 bridgehead atoms. The number of imide groups is 1. The van der Waals surface area contributed by atoms with E-state index >= 15 is 0 Å². The predicted molar refractivity (Wildman–Crippen MR) is 142 cm³/mol. The van der Waals surface area contributed by atoms with Crippen molar-refractivity contribution in [2.24, 2.45) is 5.73 Å². The third kappa shape index (κ3) is 5.81. The fourth-order valence-corrected chi connectivity index (χ4v) is 5.65. The number of benzene rings is 1. The van der Waals surface area contributed by atoms with Crippen LogP contribution in [0.1, 0.15) is 103 Å². The van der Waals surface area contributed by atoms with Crippen molar-refractivity contribution >= 4 is 29.4 Å². The highest BCUT2D eigenvalue weighted by atomic mass is 16.3.